The molecule has 2 fully saturated rings. The first kappa shape index (κ1) is 24.0. The van der Waals surface area contributed by atoms with Gasteiger partial charge in [0, 0.05) is 36.4 Å². The van der Waals surface area contributed by atoms with Crippen LogP contribution >= 0.6 is 0 Å². The Morgan fingerprint density at radius 1 is 0.946 bits per heavy atom. The summed E-state index contributed by atoms with van der Waals surface area (Å²) in [5.74, 6) is -1.18. The summed E-state index contributed by atoms with van der Waals surface area (Å²) in [6.45, 7) is 0.167. The van der Waals surface area contributed by atoms with Crippen molar-refractivity contribution in [2.45, 2.75) is 55.5 Å². The summed E-state index contributed by atoms with van der Waals surface area (Å²) in [5.41, 5.74) is 1.54. The van der Waals surface area contributed by atoms with Gasteiger partial charge in [-0.1, -0.05) is 54.6 Å². The van der Waals surface area contributed by atoms with Crippen LogP contribution in [0.3, 0.4) is 0 Å². The quantitative estimate of drug-likeness (QED) is 0.403. The number of nitrogens with zero attached hydrogens (tertiary/aromatic N) is 1. The molecule has 0 saturated carbocycles. The van der Waals surface area contributed by atoms with Gasteiger partial charge in [0.25, 0.3) is 0 Å². The zero-order valence-corrected chi connectivity index (χ0v) is 19.8. The molecule has 2 atom stereocenters. The van der Waals surface area contributed by atoms with Crippen LogP contribution in [0.5, 0.6) is 0 Å². The molecule has 3 aromatic carbocycles. The van der Waals surface area contributed by atoms with Gasteiger partial charge in [-0.2, -0.15) is 13.2 Å². The third-order valence-corrected chi connectivity index (χ3v) is 8.11. The molecule has 0 spiro atoms. The molecule has 1 amide bonds. The van der Waals surface area contributed by atoms with E-state index in [9.17, 15) is 27.5 Å². The molecular weight excluding hydrogens is 486 g/mol. The van der Waals surface area contributed by atoms with Crippen LogP contribution in [0.2, 0.25) is 0 Å². The minimum absolute atomic E-state index is 0.0377. The Balaban J connectivity index is 1.18. The molecule has 1 N–H and O–H groups in total. The van der Waals surface area contributed by atoms with Crippen molar-refractivity contribution in [3.05, 3.63) is 94.8 Å². The number of hydrogen-bond acceptors (Lipinski definition) is 3. The molecule has 37 heavy (non-hydrogen) atoms. The first-order valence-corrected chi connectivity index (χ1v) is 12.4. The van der Waals surface area contributed by atoms with E-state index >= 15 is 0 Å². The van der Waals surface area contributed by atoms with E-state index in [1.165, 1.54) is 0 Å². The van der Waals surface area contributed by atoms with Crippen LogP contribution in [-0.4, -0.2) is 34.8 Å². The highest BCUT2D eigenvalue weighted by Gasteiger charge is 2.51. The standard InChI is InChI=1S/C29H25F4NO3/c30-26-13-17(29(31,32)33)9-12-25(26)28(36)14-18-10-11-19(15-28)34(18)27(35)37-16-24-22-7-3-1-5-20(22)21-6-2-4-8-23(21)24/h1-9,12-13,18-19,24,36H,10-11,14-16H2. The molecule has 0 radical (unpaired) electrons. The number of ether oxygens (including phenoxy) is 1. The number of piperidine rings is 1. The van der Waals surface area contributed by atoms with Gasteiger partial charge < -0.3 is 14.7 Å². The van der Waals surface area contributed by atoms with Crippen LogP contribution < -0.4 is 0 Å². The first-order chi connectivity index (χ1) is 17.7. The van der Waals surface area contributed by atoms with Gasteiger partial charge in [-0.15, -0.1) is 0 Å². The Labute approximate surface area is 211 Å². The predicted molar refractivity (Wildman–Crippen MR) is 128 cm³/mol. The minimum atomic E-state index is -4.67. The maximum atomic E-state index is 14.7. The van der Waals surface area contributed by atoms with E-state index in [-0.39, 0.29) is 43.0 Å². The van der Waals surface area contributed by atoms with Crippen LogP contribution in [0.4, 0.5) is 22.4 Å². The van der Waals surface area contributed by atoms with Crippen LogP contribution in [0.15, 0.2) is 66.7 Å². The normalized spacial score (nSPS) is 24.6. The van der Waals surface area contributed by atoms with Gasteiger partial charge in [-0.25, -0.2) is 9.18 Å². The molecule has 2 heterocycles. The number of hydrogen-bond donors (Lipinski definition) is 1. The monoisotopic (exact) mass is 511 g/mol. The molecule has 0 aromatic heterocycles. The van der Waals surface area contributed by atoms with Crippen molar-refractivity contribution in [1.29, 1.82) is 0 Å². The number of halogens is 4. The second kappa shape index (κ2) is 8.58. The number of aliphatic hydroxyl groups is 1. The van der Waals surface area contributed by atoms with Crippen molar-refractivity contribution in [2.24, 2.45) is 0 Å². The van der Waals surface area contributed by atoms with Gasteiger partial charge in [-0.05, 0) is 47.2 Å². The van der Waals surface area contributed by atoms with E-state index in [1.54, 1.807) is 4.90 Å². The molecule has 2 bridgehead atoms. The lowest BCUT2D eigenvalue weighted by atomic mass is 9.80. The summed E-state index contributed by atoms with van der Waals surface area (Å²) in [6, 6.07) is 17.5. The number of benzene rings is 3. The Bertz CT molecular complexity index is 1310. The van der Waals surface area contributed by atoms with Gasteiger partial charge in [0.15, 0.2) is 0 Å². The highest BCUT2D eigenvalue weighted by Crippen LogP contribution is 2.48. The second-order valence-electron chi connectivity index (χ2n) is 10.2. The largest absolute Gasteiger partial charge is 0.448 e. The van der Waals surface area contributed by atoms with Crippen molar-refractivity contribution in [2.75, 3.05) is 6.61 Å². The highest BCUT2D eigenvalue weighted by molar-refractivity contribution is 5.79. The zero-order chi connectivity index (χ0) is 25.9. The van der Waals surface area contributed by atoms with Crippen LogP contribution in [0.25, 0.3) is 11.1 Å². The van der Waals surface area contributed by atoms with E-state index in [0.717, 1.165) is 34.4 Å². The summed E-state index contributed by atoms with van der Waals surface area (Å²) in [5, 5.41) is 11.3. The third kappa shape index (κ3) is 3.98. The molecule has 3 aromatic rings. The Morgan fingerprint density at radius 2 is 1.51 bits per heavy atom. The lowest BCUT2D eigenvalue weighted by Gasteiger charge is -2.43. The minimum Gasteiger partial charge on any atom is -0.448 e. The summed E-state index contributed by atoms with van der Waals surface area (Å²) in [6.07, 6.45) is -3.86. The number of carbonyl (C=O) groups excluding carboxylic acids is 1. The van der Waals surface area contributed by atoms with E-state index in [4.69, 9.17) is 4.74 Å². The predicted octanol–water partition coefficient (Wildman–Crippen LogP) is 6.61. The van der Waals surface area contributed by atoms with Crippen LogP contribution in [-0.2, 0) is 16.5 Å². The summed E-state index contributed by atoms with van der Waals surface area (Å²) < 4.78 is 59.4. The molecule has 2 saturated heterocycles. The fourth-order valence-electron chi connectivity index (χ4n) is 6.48. The zero-order valence-electron chi connectivity index (χ0n) is 19.8. The maximum Gasteiger partial charge on any atom is 0.416 e. The third-order valence-electron chi connectivity index (χ3n) is 8.11. The van der Waals surface area contributed by atoms with Crippen LogP contribution in [0, 0.1) is 5.82 Å². The summed E-state index contributed by atoms with van der Waals surface area (Å²) >= 11 is 0. The number of alkyl halides is 3. The molecule has 6 rings (SSSR count). The molecule has 192 valence electrons. The number of amides is 1. The lowest BCUT2D eigenvalue weighted by molar-refractivity contribution is -0.137. The molecule has 3 aliphatic rings. The van der Waals surface area contributed by atoms with Crippen molar-refractivity contribution < 1.29 is 32.2 Å². The van der Waals surface area contributed by atoms with E-state index in [1.807, 2.05) is 36.4 Å². The van der Waals surface area contributed by atoms with Crippen molar-refractivity contribution >= 4 is 6.09 Å². The number of rotatable bonds is 3. The maximum absolute atomic E-state index is 14.7. The van der Waals surface area contributed by atoms with Gasteiger partial charge in [-0.3, -0.25) is 0 Å². The van der Waals surface area contributed by atoms with E-state index in [2.05, 4.69) is 12.1 Å². The second-order valence-corrected chi connectivity index (χ2v) is 10.2. The van der Waals surface area contributed by atoms with E-state index in [0.29, 0.717) is 18.9 Å². The van der Waals surface area contributed by atoms with Crippen molar-refractivity contribution in [3.63, 3.8) is 0 Å². The van der Waals surface area contributed by atoms with Gasteiger partial charge in [0.2, 0.25) is 0 Å². The number of fused-ring (bicyclic) bond motifs is 5. The molecule has 2 aliphatic heterocycles. The van der Waals surface area contributed by atoms with E-state index < -0.39 is 29.3 Å². The Kier molecular flexibility index (Phi) is 5.56. The number of carbonyl (C=O) groups is 1. The fraction of sp³-hybridized carbons (Fsp3) is 0.345. The Morgan fingerprint density at radius 3 is 2.05 bits per heavy atom. The highest BCUT2D eigenvalue weighted by atomic mass is 19.4. The average molecular weight is 512 g/mol. The van der Waals surface area contributed by atoms with Gasteiger partial charge in [0.05, 0.1) is 11.2 Å². The fourth-order valence-corrected chi connectivity index (χ4v) is 6.48. The van der Waals surface area contributed by atoms with Crippen LogP contribution in [0.1, 0.15) is 53.9 Å². The summed E-state index contributed by atoms with van der Waals surface area (Å²) in [7, 11) is 0. The lowest BCUT2D eigenvalue weighted by Crippen LogP contribution is -2.52. The SMILES string of the molecule is O=C(OCC1c2ccccc2-c2ccccc21)N1C2CCC1CC(O)(c1ccc(C(F)(F)F)cc1F)C2. The van der Waals surface area contributed by atoms with Crippen molar-refractivity contribution in [3.8, 4) is 11.1 Å². The first-order valence-electron chi connectivity index (χ1n) is 12.4. The van der Waals surface area contributed by atoms with Gasteiger partial charge in [0.1, 0.15) is 12.4 Å². The molecule has 2 unspecified atom stereocenters. The van der Waals surface area contributed by atoms with Crippen molar-refractivity contribution in [1.82, 2.24) is 4.90 Å². The van der Waals surface area contributed by atoms with Gasteiger partial charge >= 0.3 is 12.3 Å². The molecule has 8 heteroatoms. The topological polar surface area (TPSA) is 49.8 Å². The Hall–Kier alpha value is -3.39. The molecule has 4 nitrogen and oxygen atoms in total. The summed E-state index contributed by atoms with van der Waals surface area (Å²) in [4.78, 5) is 14.9. The molecule has 1 aliphatic carbocycles. The smallest absolute Gasteiger partial charge is 0.416 e. The molecular formula is C29H25F4NO3. The average Bonchev–Trinajstić information content (AvgIpc) is 3.34.